The molecule has 0 bridgehead atoms. The van der Waals surface area contributed by atoms with Crippen LogP contribution in [0.3, 0.4) is 0 Å². The molecular weight excluding hydrogens is 292 g/mol. The van der Waals surface area contributed by atoms with Crippen LogP contribution in [0.2, 0.25) is 0 Å². The molecule has 108 valence electrons. The summed E-state index contributed by atoms with van der Waals surface area (Å²) >= 11 is 2.54. The Morgan fingerprint density at radius 3 is 2.05 bits per heavy atom. The van der Waals surface area contributed by atoms with Gasteiger partial charge in [-0.15, -0.1) is 23.5 Å². The highest BCUT2D eigenvalue weighted by Gasteiger charge is 2.33. The van der Waals surface area contributed by atoms with Gasteiger partial charge in [-0.25, -0.2) is 9.59 Å². The lowest BCUT2D eigenvalue weighted by atomic mass is 10.2. The van der Waals surface area contributed by atoms with Gasteiger partial charge < -0.3 is 14.9 Å². The van der Waals surface area contributed by atoms with Gasteiger partial charge in [-0.1, -0.05) is 0 Å². The number of carbonyl (C=O) groups excluding carboxylic acids is 2. The number of aliphatic carboxylic acids is 1. The van der Waals surface area contributed by atoms with Gasteiger partial charge in [0.15, 0.2) is 0 Å². The molecule has 0 unspecified atom stereocenters. The molecule has 8 heteroatoms. The van der Waals surface area contributed by atoms with Gasteiger partial charge in [0.25, 0.3) is 5.78 Å². The minimum Gasteiger partial charge on any atom is -0.475 e. The van der Waals surface area contributed by atoms with E-state index >= 15 is 0 Å². The van der Waals surface area contributed by atoms with Gasteiger partial charge in [0.1, 0.15) is 5.57 Å². The summed E-state index contributed by atoms with van der Waals surface area (Å²) < 4.78 is 5.26. The fourth-order valence-electron chi connectivity index (χ4n) is 0.911. The van der Waals surface area contributed by atoms with E-state index in [4.69, 9.17) is 14.9 Å². The van der Waals surface area contributed by atoms with Crippen LogP contribution < -0.4 is 0 Å². The fourth-order valence-corrected chi connectivity index (χ4v) is 2.49. The van der Waals surface area contributed by atoms with Crippen molar-refractivity contribution >= 4 is 41.2 Å². The Kier molecular flexibility index (Phi) is 8.53. The Hall–Kier alpha value is -0.990. The van der Waals surface area contributed by atoms with Gasteiger partial charge in [-0.2, -0.15) is 0 Å². The normalized spacial score (nSPS) is 13.0. The van der Waals surface area contributed by atoms with E-state index in [0.717, 1.165) is 0 Å². The van der Waals surface area contributed by atoms with Crippen molar-refractivity contribution in [1.82, 2.24) is 0 Å². The van der Waals surface area contributed by atoms with Crippen molar-refractivity contribution in [3.05, 3.63) is 9.81 Å². The number of carbonyl (C=O) groups is 3. The highest BCUT2D eigenvalue weighted by Crippen LogP contribution is 2.45. The van der Waals surface area contributed by atoms with Crippen molar-refractivity contribution in [3.63, 3.8) is 0 Å². The number of esters is 1. The van der Waals surface area contributed by atoms with Crippen molar-refractivity contribution in [3.8, 4) is 0 Å². The van der Waals surface area contributed by atoms with Crippen LogP contribution in [0.15, 0.2) is 9.81 Å². The third-order valence-corrected chi connectivity index (χ3v) is 4.13. The Labute approximate surface area is 119 Å². The van der Waals surface area contributed by atoms with Crippen LogP contribution in [0.4, 0.5) is 0 Å². The summed E-state index contributed by atoms with van der Waals surface area (Å²) in [6.07, 6.45) is -0.389. The van der Waals surface area contributed by atoms with Crippen molar-refractivity contribution < 1.29 is 29.3 Å². The van der Waals surface area contributed by atoms with E-state index in [1.807, 2.05) is 0 Å². The summed E-state index contributed by atoms with van der Waals surface area (Å²) in [6, 6.07) is 0. The Morgan fingerprint density at radius 2 is 1.79 bits per heavy atom. The second kappa shape index (κ2) is 9.00. The molecule has 0 aromatic heterocycles. The lowest BCUT2D eigenvalue weighted by Gasteiger charge is -2.18. The Balaban J connectivity index is 0.000000982. The molecule has 0 spiro atoms. The zero-order valence-electron chi connectivity index (χ0n) is 10.8. The molecule has 19 heavy (non-hydrogen) atoms. The zero-order chi connectivity index (χ0) is 15.0. The number of aliphatic hydroxyl groups excluding tert-OH is 1. The lowest BCUT2D eigenvalue weighted by molar-refractivity contribution is -0.151. The Bertz CT molecular complexity index is 383. The first kappa shape index (κ1) is 18.0. The maximum Gasteiger partial charge on any atom is 0.377 e. The molecule has 1 heterocycles. The molecule has 0 radical (unpaired) electrons. The smallest absolute Gasteiger partial charge is 0.377 e. The number of ether oxygens (including phenoxy) is 1. The molecule has 1 aliphatic heterocycles. The largest absolute Gasteiger partial charge is 0.475 e. The first-order valence-corrected chi connectivity index (χ1v) is 7.41. The lowest BCUT2D eigenvalue weighted by Crippen LogP contribution is -2.26. The molecule has 1 fully saturated rings. The molecule has 0 aromatic carbocycles. The fraction of sp³-hybridized carbons (Fsp3) is 0.545. The number of hydrogen-bond donors (Lipinski definition) is 2. The summed E-state index contributed by atoms with van der Waals surface area (Å²) in [5.41, 5.74) is -0.359. The van der Waals surface area contributed by atoms with E-state index in [0.29, 0.717) is 9.32 Å². The van der Waals surface area contributed by atoms with Gasteiger partial charge >= 0.3 is 11.9 Å². The zero-order valence-corrected chi connectivity index (χ0v) is 12.5. The summed E-state index contributed by atoms with van der Waals surface area (Å²) in [5.74, 6) is -3.71. The molecule has 6 nitrogen and oxygen atoms in total. The first-order chi connectivity index (χ1) is 8.84. The monoisotopic (exact) mass is 308 g/mol. The summed E-state index contributed by atoms with van der Waals surface area (Å²) in [6.45, 7) is 5.19. The SMILES string of the molecule is CC(C)OC(=O)C(C(=O)C(=O)O)=C1SCS1.CCO. The second-order valence-electron chi connectivity index (χ2n) is 3.47. The second-order valence-corrected chi connectivity index (χ2v) is 6.07. The van der Waals surface area contributed by atoms with Crippen molar-refractivity contribution in [2.24, 2.45) is 0 Å². The van der Waals surface area contributed by atoms with Gasteiger partial charge in [0, 0.05) is 11.7 Å². The maximum absolute atomic E-state index is 11.5. The number of ketones is 1. The molecule has 0 amide bonds. The number of Topliss-reactive ketones (excluding diaryl/α,β-unsaturated/α-hetero) is 1. The molecule has 0 aromatic rings. The predicted molar refractivity (Wildman–Crippen MR) is 73.7 cm³/mol. The third kappa shape index (κ3) is 6.13. The number of carboxylic acids is 1. The molecule has 2 N–H and O–H groups in total. The van der Waals surface area contributed by atoms with Crippen molar-refractivity contribution in [1.29, 1.82) is 0 Å². The van der Waals surface area contributed by atoms with Crippen molar-refractivity contribution in [2.75, 3.05) is 11.7 Å². The Morgan fingerprint density at radius 1 is 1.32 bits per heavy atom. The number of carboxylic acid groups (broad SMARTS) is 1. The number of thioether (sulfide) groups is 2. The maximum atomic E-state index is 11.5. The van der Waals surface area contributed by atoms with Crippen LogP contribution in [0.5, 0.6) is 0 Å². The van der Waals surface area contributed by atoms with Crippen LogP contribution in [0.1, 0.15) is 20.8 Å². The standard InChI is InChI=1S/C9H10O5S2.C2H6O/c1-4(2)14-8(13)5(6(10)7(11)12)9-15-3-16-9;1-2-3/h4H,3H2,1-2H3,(H,11,12);3H,2H2,1H3. The average Bonchev–Trinajstić information content (AvgIpc) is 2.21. The predicted octanol–water partition coefficient (Wildman–Crippen LogP) is 1.24. The highest BCUT2D eigenvalue weighted by atomic mass is 32.3. The van der Waals surface area contributed by atoms with E-state index in [2.05, 4.69) is 0 Å². The van der Waals surface area contributed by atoms with E-state index in [1.165, 1.54) is 23.5 Å². The average molecular weight is 308 g/mol. The van der Waals surface area contributed by atoms with E-state index in [-0.39, 0.29) is 18.3 Å². The summed E-state index contributed by atoms with van der Waals surface area (Å²) in [4.78, 5) is 33.4. The molecular formula is C11H16O6S2. The quantitative estimate of drug-likeness (QED) is 0.263. The van der Waals surface area contributed by atoms with Gasteiger partial charge in [0.05, 0.1) is 10.3 Å². The van der Waals surface area contributed by atoms with E-state index < -0.39 is 17.7 Å². The van der Waals surface area contributed by atoms with E-state index in [1.54, 1.807) is 20.8 Å². The van der Waals surface area contributed by atoms with Gasteiger partial charge in [-0.3, -0.25) is 4.79 Å². The highest BCUT2D eigenvalue weighted by molar-refractivity contribution is 8.37. The van der Waals surface area contributed by atoms with Crippen LogP contribution in [-0.2, 0) is 19.1 Å². The van der Waals surface area contributed by atoms with Crippen LogP contribution in [-0.4, -0.2) is 45.7 Å². The van der Waals surface area contributed by atoms with Crippen LogP contribution in [0.25, 0.3) is 0 Å². The molecule has 1 saturated heterocycles. The van der Waals surface area contributed by atoms with Gasteiger partial charge in [0.2, 0.25) is 0 Å². The van der Waals surface area contributed by atoms with Crippen LogP contribution >= 0.6 is 23.5 Å². The third-order valence-electron chi connectivity index (χ3n) is 1.55. The van der Waals surface area contributed by atoms with E-state index in [9.17, 15) is 14.4 Å². The van der Waals surface area contributed by atoms with Crippen molar-refractivity contribution in [2.45, 2.75) is 26.9 Å². The molecule has 0 saturated carbocycles. The number of aliphatic hydroxyl groups is 1. The molecule has 1 aliphatic rings. The molecule has 0 aliphatic carbocycles. The molecule has 1 rings (SSSR count). The van der Waals surface area contributed by atoms with Crippen LogP contribution in [0, 0.1) is 0 Å². The number of rotatable bonds is 4. The summed E-state index contributed by atoms with van der Waals surface area (Å²) in [7, 11) is 0. The minimum atomic E-state index is -1.64. The summed E-state index contributed by atoms with van der Waals surface area (Å²) in [5, 5.41) is 16.9. The molecule has 0 atom stereocenters. The first-order valence-electron chi connectivity index (χ1n) is 5.44. The minimum absolute atomic E-state index is 0.250. The van der Waals surface area contributed by atoms with Gasteiger partial charge in [-0.05, 0) is 20.8 Å². The number of hydrogen-bond acceptors (Lipinski definition) is 7. The topological polar surface area (TPSA) is 101 Å².